The third-order valence-corrected chi connectivity index (χ3v) is 4.25. The highest BCUT2D eigenvalue weighted by molar-refractivity contribution is 5.97. The third kappa shape index (κ3) is 3.62. The molecule has 1 fully saturated rings. The summed E-state index contributed by atoms with van der Waals surface area (Å²) >= 11 is 0. The van der Waals surface area contributed by atoms with Gasteiger partial charge in [0.1, 0.15) is 5.82 Å². The van der Waals surface area contributed by atoms with Gasteiger partial charge in [-0.1, -0.05) is 30.3 Å². The molecule has 24 heavy (non-hydrogen) atoms. The fourth-order valence-corrected chi connectivity index (χ4v) is 2.91. The van der Waals surface area contributed by atoms with E-state index in [1.54, 1.807) is 17.9 Å². The first-order chi connectivity index (χ1) is 11.5. The van der Waals surface area contributed by atoms with Crippen LogP contribution in [0.2, 0.25) is 0 Å². The lowest BCUT2D eigenvalue weighted by Crippen LogP contribution is -2.28. The van der Waals surface area contributed by atoms with Crippen molar-refractivity contribution in [3.8, 4) is 0 Å². The molecule has 0 aliphatic carbocycles. The molecule has 0 radical (unpaired) electrons. The Balaban J connectivity index is 1.63. The van der Waals surface area contributed by atoms with Crippen molar-refractivity contribution in [1.29, 1.82) is 0 Å². The smallest absolute Gasteiger partial charge is 0.229 e. The van der Waals surface area contributed by atoms with E-state index in [-0.39, 0.29) is 30.0 Å². The molecule has 2 amide bonds. The van der Waals surface area contributed by atoms with Crippen LogP contribution >= 0.6 is 0 Å². The van der Waals surface area contributed by atoms with Gasteiger partial charge in [0.25, 0.3) is 0 Å². The zero-order chi connectivity index (χ0) is 17.1. The first-order valence-corrected chi connectivity index (χ1v) is 7.91. The van der Waals surface area contributed by atoms with E-state index >= 15 is 0 Å². The van der Waals surface area contributed by atoms with Crippen LogP contribution in [-0.4, -0.2) is 23.3 Å². The molecule has 1 saturated heterocycles. The van der Waals surface area contributed by atoms with Crippen LogP contribution in [0, 0.1) is 18.7 Å². The van der Waals surface area contributed by atoms with Crippen LogP contribution in [-0.2, 0) is 16.1 Å². The molecule has 3 rings (SSSR count). The molecule has 2 aromatic carbocycles. The molecule has 0 spiro atoms. The third-order valence-electron chi connectivity index (χ3n) is 4.25. The van der Waals surface area contributed by atoms with Gasteiger partial charge in [-0.15, -0.1) is 0 Å². The summed E-state index contributed by atoms with van der Waals surface area (Å²) < 4.78 is 13.1. The normalized spacial score (nSPS) is 17.2. The quantitative estimate of drug-likeness (QED) is 0.938. The number of anilines is 1. The van der Waals surface area contributed by atoms with Crippen molar-refractivity contribution in [2.24, 2.45) is 5.92 Å². The van der Waals surface area contributed by atoms with Gasteiger partial charge in [-0.05, 0) is 36.2 Å². The lowest BCUT2D eigenvalue weighted by molar-refractivity contribution is -0.128. The first-order valence-electron chi connectivity index (χ1n) is 7.91. The molecule has 1 aliphatic heterocycles. The number of amides is 2. The van der Waals surface area contributed by atoms with Crippen molar-refractivity contribution in [2.45, 2.75) is 19.9 Å². The second-order valence-corrected chi connectivity index (χ2v) is 6.11. The standard InChI is InChI=1S/C19H19FN2O2/c1-13-9-16(20)7-8-17(13)21-19(24)15-10-18(23)22(12-15)11-14-5-3-2-4-6-14/h2-9,15H,10-12H2,1H3,(H,21,24). The second-order valence-electron chi connectivity index (χ2n) is 6.11. The topological polar surface area (TPSA) is 49.4 Å². The van der Waals surface area contributed by atoms with Crippen LogP contribution in [0.15, 0.2) is 48.5 Å². The second kappa shape index (κ2) is 6.83. The molecule has 2 aromatic rings. The average molecular weight is 326 g/mol. The Kier molecular flexibility index (Phi) is 4.60. The summed E-state index contributed by atoms with van der Waals surface area (Å²) in [6.45, 7) is 2.65. The molecule has 0 bridgehead atoms. The molecular weight excluding hydrogens is 307 g/mol. The maximum absolute atomic E-state index is 13.1. The minimum absolute atomic E-state index is 0.0187. The van der Waals surface area contributed by atoms with Crippen LogP contribution in [0.25, 0.3) is 0 Å². The minimum atomic E-state index is -0.384. The number of rotatable bonds is 4. The van der Waals surface area contributed by atoms with Crippen molar-refractivity contribution < 1.29 is 14.0 Å². The predicted octanol–water partition coefficient (Wildman–Crippen LogP) is 3.12. The van der Waals surface area contributed by atoms with Crippen LogP contribution in [0.4, 0.5) is 10.1 Å². The number of aryl methyl sites for hydroxylation is 1. The van der Waals surface area contributed by atoms with Crippen molar-refractivity contribution in [2.75, 3.05) is 11.9 Å². The van der Waals surface area contributed by atoms with Crippen molar-refractivity contribution >= 4 is 17.5 Å². The molecule has 1 unspecified atom stereocenters. The Morgan fingerprint density at radius 3 is 2.71 bits per heavy atom. The minimum Gasteiger partial charge on any atom is -0.338 e. The van der Waals surface area contributed by atoms with Gasteiger partial charge in [0, 0.05) is 25.2 Å². The van der Waals surface area contributed by atoms with E-state index in [0.29, 0.717) is 24.3 Å². The predicted molar refractivity (Wildman–Crippen MR) is 89.7 cm³/mol. The number of halogens is 1. The maximum atomic E-state index is 13.1. The van der Waals surface area contributed by atoms with E-state index in [0.717, 1.165) is 5.56 Å². The summed E-state index contributed by atoms with van der Waals surface area (Å²) in [6, 6.07) is 13.9. The number of hydrogen-bond donors (Lipinski definition) is 1. The molecule has 4 nitrogen and oxygen atoms in total. The van der Waals surface area contributed by atoms with Crippen LogP contribution in [0.3, 0.4) is 0 Å². The Bertz CT molecular complexity index is 761. The lowest BCUT2D eigenvalue weighted by Gasteiger charge is -2.17. The summed E-state index contributed by atoms with van der Waals surface area (Å²) in [4.78, 5) is 26.3. The average Bonchev–Trinajstić information content (AvgIpc) is 2.92. The Morgan fingerprint density at radius 2 is 2.00 bits per heavy atom. The number of benzene rings is 2. The van der Waals surface area contributed by atoms with Crippen molar-refractivity contribution in [1.82, 2.24) is 4.90 Å². The summed E-state index contributed by atoms with van der Waals surface area (Å²) in [5.74, 6) is -0.940. The van der Waals surface area contributed by atoms with E-state index in [1.165, 1.54) is 12.1 Å². The number of nitrogens with zero attached hydrogens (tertiary/aromatic N) is 1. The van der Waals surface area contributed by atoms with Crippen molar-refractivity contribution in [3.05, 3.63) is 65.5 Å². The van der Waals surface area contributed by atoms with Gasteiger partial charge >= 0.3 is 0 Å². The highest BCUT2D eigenvalue weighted by Crippen LogP contribution is 2.23. The number of hydrogen-bond acceptors (Lipinski definition) is 2. The zero-order valence-electron chi connectivity index (χ0n) is 13.5. The fraction of sp³-hybridized carbons (Fsp3) is 0.263. The molecule has 1 heterocycles. The van der Waals surface area contributed by atoms with Gasteiger partial charge in [-0.25, -0.2) is 4.39 Å². The highest BCUT2D eigenvalue weighted by atomic mass is 19.1. The highest BCUT2D eigenvalue weighted by Gasteiger charge is 2.34. The Hall–Kier alpha value is -2.69. The van der Waals surface area contributed by atoms with Gasteiger partial charge in [0.15, 0.2) is 0 Å². The SMILES string of the molecule is Cc1cc(F)ccc1NC(=O)C1CC(=O)N(Cc2ccccc2)C1. The molecule has 5 heteroatoms. The van der Waals surface area contributed by atoms with E-state index in [1.807, 2.05) is 30.3 Å². The fourth-order valence-electron chi connectivity index (χ4n) is 2.91. The van der Waals surface area contributed by atoms with Gasteiger partial charge in [-0.2, -0.15) is 0 Å². The zero-order valence-corrected chi connectivity index (χ0v) is 13.5. The van der Waals surface area contributed by atoms with Gasteiger partial charge < -0.3 is 10.2 Å². The lowest BCUT2D eigenvalue weighted by atomic mass is 10.1. The number of nitrogens with one attached hydrogen (secondary N) is 1. The molecule has 1 atom stereocenters. The molecule has 1 N–H and O–H groups in total. The maximum Gasteiger partial charge on any atom is 0.229 e. The summed E-state index contributed by atoms with van der Waals surface area (Å²) in [5.41, 5.74) is 2.28. The van der Waals surface area contributed by atoms with E-state index in [4.69, 9.17) is 0 Å². The first kappa shape index (κ1) is 16.2. The van der Waals surface area contributed by atoms with Crippen LogP contribution < -0.4 is 5.32 Å². The van der Waals surface area contributed by atoms with Gasteiger partial charge in [0.2, 0.25) is 11.8 Å². The summed E-state index contributed by atoms with van der Waals surface area (Å²) in [7, 11) is 0. The molecule has 0 saturated carbocycles. The number of carbonyl (C=O) groups excluding carboxylic acids is 2. The Morgan fingerprint density at radius 1 is 1.25 bits per heavy atom. The van der Waals surface area contributed by atoms with E-state index in [9.17, 15) is 14.0 Å². The number of likely N-dealkylation sites (tertiary alicyclic amines) is 1. The van der Waals surface area contributed by atoms with Crippen molar-refractivity contribution in [3.63, 3.8) is 0 Å². The van der Waals surface area contributed by atoms with E-state index in [2.05, 4.69) is 5.32 Å². The van der Waals surface area contributed by atoms with Gasteiger partial charge in [0.05, 0.1) is 5.92 Å². The molecule has 124 valence electrons. The van der Waals surface area contributed by atoms with Crippen LogP contribution in [0.5, 0.6) is 0 Å². The molecule has 0 aromatic heterocycles. The van der Waals surface area contributed by atoms with Crippen LogP contribution in [0.1, 0.15) is 17.5 Å². The summed E-state index contributed by atoms with van der Waals surface area (Å²) in [5, 5.41) is 2.80. The summed E-state index contributed by atoms with van der Waals surface area (Å²) in [6.07, 6.45) is 0.207. The number of carbonyl (C=O) groups is 2. The monoisotopic (exact) mass is 326 g/mol. The molecular formula is C19H19FN2O2. The Labute approximate surface area is 140 Å². The van der Waals surface area contributed by atoms with Gasteiger partial charge in [-0.3, -0.25) is 9.59 Å². The molecule has 1 aliphatic rings. The largest absolute Gasteiger partial charge is 0.338 e. The van der Waals surface area contributed by atoms with E-state index < -0.39 is 0 Å².